The normalized spacial score (nSPS) is 17.6. The van der Waals surface area contributed by atoms with E-state index in [9.17, 15) is 9.65 Å². The van der Waals surface area contributed by atoms with Crippen molar-refractivity contribution in [2.75, 3.05) is 18.0 Å². The van der Waals surface area contributed by atoms with Crippen LogP contribution in [-0.4, -0.2) is 24.7 Å². The number of rotatable bonds is 6. The summed E-state index contributed by atoms with van der Waals surface area (Å²) >= 11 is 0. The lowest BCUT2D eigenvalue weighted by atomic mass is 10.0. The second-order valence-electron chi connectivity index (χ2n) is 5.33. The molecule has 2 rings (SSSR count). The van der Waals surface area contributed by atoms with Gasteiger partial charge in [-0.15, -0.1) is 0 Å². The molecule has 1 aromatic carbocycles. The van der Waals surface area contributed by atoms with Crippen molar-refractivity contribution in [2.45, 2.75) is 38.3 Å². The first-order valence-electron chi connectivity index (χ1n) is 6.76. The van der Waals surface area contributed by atoms with Gasteiger partial charge in [0.1, 0.15) is 11.4 Å². The van der Waals surface area contributed by atoms with Crippen molar-refractivity contribution in [1.29, 1.82) is 5.26 Å². The van der Waals surface area contributed by atoms with Gasteiger partial charge in [0.05, 0.1) is 11.8 Å². The molecule has 0 bridgehead atoms. The molecule has 1 atom stereocenters. The summed E-state index contributed by atoms with van der Waals surface area (Å²) < 4.78 is 13.8. The van der Waals surface area contributed by atoms with Crippen molar-refractivity contribution in [3.8, 4) is 6.07 Å². The van der Waals surface area contributed by atoms with Gasteiger partial charge in [-0.05, 0) is 38.8 Å². The van der Waals surface area contributed by atoms with Crippen LogP contribution in [0.4, 0.5) is 10.1 Å². The van der Waals surface area contributed by atoms with Crippen molar-refractivity contribution in [2.24, 2.45) is 0 Å². The molecule has 0 saturated heterocycles. The van der Waals surface area contributed by atoms with Gasteiger partial charge >= 0.3 is 0 Å². The average molecular weight is 261 g/mol. The monoisotopic (exact) mass is 261 g/mol. The van der Waals surface area contributed by atoms with Gasteiger partial charge in [-0.3, -0.25) is 5.32 Å². The van der Waals surface area contributed by atoms with Gasteiger partial charge in [0, 0.05) is 19.1 Å². The van der Waals surface area contributed by atoms with E-state index < -0.39 is 5.54 Å². The molecule has 3 nitrogen and oxygen atoms in total. The molecule has 102 valence electrons. The summed E-state index contributed by atoms with van der Waals surface area (Å²) in [5.74, 6) is -0.240. The number of nitriles is 1. The number of halogens is 1. The molecule has 0 aromatic heterocycles. The summed E-state index contributed by atoms with van der Waals surface area (Å²) in [5, 5.41) is 12.7. The molecule has 0 radical (unpaired) electrons. The molecule has 0 spiro atoms. The number of nitrogens with one attached hydrogen (secondary N) is 1. The van der Waals surface area contributed by atoms with Crippen molar-refractivity contribution in [3.63, 3.8) is 0 Å². The highest BCUT2D eigenvalue weighted by Crippen LogP contribution is 2.25. The highest BCUT2D eigenvalue weighted by Gasteiger charge is 2.34. The van der Waals surface area contributed by atoms with E-state index >= 15 is 0 Å². The highest BCUT2D eigenvalue weighted by atomic mass is 19.1. The fraction of sp³-hybridized carbons (Fsp3) is 0.533. The average Bonchev–Trinajstić information content (AvgIpc) is 3.21. The maximum Gasteiger partial charge on any atom is 0.146 e. The van der Waals surface area contributed by atoms with Crippen LogP contribution >= 0.6 is 0 Å². The zero-order valence-corrected chi connectivity index (χ0v) is 11.5. The fourth-order valence-corrected chi connectivity index (χ4v) is 2.25. The molecule has 1 unspecified atom stereocenters. The van der Waals surface area contributed by atoms with Crippen LogP contribution in [0.5, 0.6) is 0 Å². The first-order chi connectivity index (χ1) is 9.08. The maximum atomic E-state index is 13.8. The van der Waals surface area contributed by atoms with Gasteiger partial charge in [0.25, 0.3) is 0 Å². The van der Waals surface area contributed by atoms with Gasteiger partial charge in [-0.1, -0.05) is 12.1 Å². The Kier molecular flexibility index (Phi) is 4.06. The summed E-state index contributed by atoms with van der Waals surface area (Å²) in [6.07, 6.45) is 2.26. The van der Waals surface area contributed by atoms with Crippen molar-refractivity contribution >= 4 is 5.69 Å². The van der Waals surface area contributed by atoms with Crippen LogP contribution in [0.2, 0.25) is 0 Å². The van der Waals surface area contributed by atoms with Gasteiger partial charge in [0.15, 0.2) is 0 Å². The molecule has 1 aliphatic rings. The molecular weight excluding hydrogens is 241 g/mol. The lowest BCUT2D eigenvalue weighted by Crippen LogP contribution is -2.51. The minimum Gasteiger partial charge on any atom is -0.367 e. The van der Waals surface area contributed by atoms with Crippen LogP contribution in [0.1, 0.15) is 26.7 Å². The first-order valence-corrected chi connectivity index (χ1v) is 6.76. The fourth-order valence-electron chi connectivity index (χ4n) is 2.25. The number of anilines is 1. The number of benzene rings is 1. The van der Waals surface area contributed by atoms with Crippen LogP contribution in [0, 0.1) is 17.1 Å². The van der Waals surface area contributed by atoms with Crippen molar-refractivity contribution < 1.29 is 4.39 Å². The third kappa shape index (κ3) is 3.45. The van der Waals surface area contributed by atoms with Gasteiger partial charge in [-0.25, -0.2) is 4.39 Å². The van der Waals surface area contributed by atoms with Gasteiger partial charge in [0.2, 0.25) is 0 Å². The van der Waals surface area contributed by atoms with Gasteiger partial charge in [-0.2, -0.15) is 5.26 Å². The zero-order valence-electron chi connectivity index (χ0n) is 11.5. The quantitative estimate of drug-likeness (QED) is 0.855. The number of likely N-dealkylation sites (N-methyl/N-ethyl adjacent to an activating group) is 1. The van der Waals surface area contributed by atoms with E-state index in [1.165, 1.54) is 6.07 Å². The number of para-hydroxylation sites is 1. The third-order valence-electron chi connectivity index (χ3n) is 3.43. The predicted octanol–water partition coefficient (Wildman–Crippen LogP) is 2.69. The topological polar surface area (TPSA) is 39.1 Å². The molecule has 1 aromatic rings. The number of hydrogen-bond donors (Lipinski definition) is 1. The van der Waals surface area contributed by atoms with E-state index in [0.29, 0.717) is 24.8 Å². The van der Waals surface area contributed by atoms with Crippen LogP contribution in [0.15, 0.2) is 24.3 Å². The molecule has 1 aliphatic carbocycles. The molecule has 4 heteroatoms. The minimum atomic E-state index is -0.639. The van der Waals surface area contributed by atoms with Crippen molar-refractivity contribution in [1.82, 2.24) is 5.32 Å². The molecule has 19 heavy (non-hydrogen) atoms. The Balaban J connectivity index is 2.13. The summed E-state index contributed by atoms with van der Waals surface area (Å²) in [7, 11) is 0. The Hall–Kier alpha value is -1.60. The van der Waals surface area contributed by atoms with Crippen LogP contribution in [0.3, 0.4) is 0 Å². The second kappa shape index (κ2) is 5.58. The molecule has 0 amide bonds. The molecule has 0 heterocycles. The number of hydrogen-bond acceptors (Lipinski definition) is 3. The minimum absolute atomic E-state index is 0.240. The Morgan fingerprint density at radius 2 is 2.16 bits per heavy atom. The maximum absolute atomic E-state index is 13.8. The van der Waals surface area contributed by atoms with E-state index in [-0.39, 0.29) is 5.82 Å². The standard InChI is InChI=1S/C15H20FN3/c1-3-19(14-7-5-4-6-13(14)16)11-15(2,10-17)18-12-8-9-12/h4-7,12,18H,3,8-9,11H2,1-2H3. The van der Waals surface area contributed by atoms with E-state index in [1.54, 1.807) is 12.1 Å². The lowest BCUT2D eigenvalue weighted by molar-refractivity contribution is 0.438. The largest absolute Gasteiger partial charge is 0.367 e. The number of nitrogens with zero attached hydrogens (tertiary/aromatic N) is 2. The van der Waals surface area contributed by atoms with E-state index in [2.05, 4.69) is 11.4 Å². The second-order valence-corrected chi connectivity index (χ2v) is 5.33. The van der Waals surface area contributed by atoms with Crippen LogP contribution in [0.25, 0.3) is 0 Å². The molecular formula is C15H20FN3. The predicted molar refractivity (Wildman–Crippen MR) is 74.5 cm³/mol. The molecule has 1 saturated carbocycles. The van der Waals surface area contributed by atoms with E-state index in [1.807, 2.05) is 24.8 Å². The van der Waals surface area contributed by atoms with E-state index in [4.69, 9.17) is 0 Å². The first kappa shape index (κ1) is 13.8. The van der Waals surface area contributed by atoms with Gasteiger partial charge < -0.3 is 4.90 Å². The smallest absolute Gasteiger partial charge is 0.146 e. The third-order valence-corrected chi connectivity index (χ3v) is 3.43. The highest BCUT2D eigenvalue weighted by molar-refractivity contribution is 5.48. The molecule has 0 aliphatic heterocycles. The molecule has 1 N–H and O–H groups in total. The van der Waals surface area contributed by atoms with Crippen LogP contribution in [-0.2, 0) is 0 Å². The summed E-state index contributed by atoms with van der Waals surface area (Å²) in [4.78, 5) is 1.91. The Morgan fingerprint density at radius 3 is 2.68 bits per heavy atom. The lowest BCUT2D eigenvalue weighted by Gasteiger charge is -2.32. The summed E-state index contributed by atoms with van der Waals surface area (Å²) in [6, 6.07) is 9.49. The Morgan fingerprint density at radius 1 is 1.47 bits per heavy atom. The SMILES string of the molecule is CCN(CC(C)(C#N)NC1CC1)c1ccccc1F. The summed E-state index contributed by atoms with van der Waals surface area (Å²) in [5.41, 5.74) is -0.0801. The molecule has 1 fully saturated rings. The van der Waals surface area contributed by atoms with Crippen LogP contribution < -0.4 is 10.2 Å². The Bertz CT molecular complexity index is 479. The Labute approximate surface area is 114 Å². The zero-order chi connectivity index (χ0) is 13.9. The summed E-state index contributed by atoms with van der Waals surface area (Å²) in [6.45, 7) is 5.01. The van der Waals surface area contributed by atoms with E-state index in [0.717, 1.165) is 12.8 Å². The van der Waals surface area contributed by atoms with Crippen molar-refractivity contribution in [3.05, 3.63) is 30.1 Å².